The van der Waals surface area contributed by atoms with Gasteiger partial charge in [0.25, 0.3) is 0 Å². The van der Waals surface area contributed by atoms with E-state index in [9.17, 15) is 9.18 Å². The van der Waals surface area contributed by atoms with E-state index in [0.717, 1.165) is 9.13 Å². The Labute approximate surface area is 107 Å². The molecule has 1 amide bonds. The van der Waals surface area contributed by atoms with Crippen molar-refractivity contribution in [1.29, 1.82) is 0 Å². The molecule has 0 aliphatic heterocycles. The maximum atomic E-state index is 12.8. The molecule has 0 spiro atoms. The molecule has 16 heavy (non-hydrogen) atoms. The van der Waals surface area contributed by atoms with Crippen LogP contribution in [-0.4, -0.2) is 22.8 Å². The molecule has 5 heteroatoms. The van der Waals surface area contributed by atoms with Gasteiger partial charge in [0.15, 0.2) is 0 Å². The van der Waals surface area contributed by atoms with Crippen LogP contribution in [0.15, 0.2) is 24.9 Å². The van der Waals surface area contributed by atoms with E-state index in [4.69, 9.17) is 0 Å². The third-order valence-electron chi connectivity index (χ3n) is 2.05. The summed E-state index contributed by atoms with van der Waals surface area (Å²) in [7, 11) is 1.70. The van der Waals surface area contributed by atoms with Crippen LogP contribution >= 0.6 is 22.6 Å². The molecule has 1 aromatic heterocycles. The Morgan fingerprint density at radius 2 is 2.44 bits per heavy atom. The van der Waals surface area contributed by atoms with Gasteiger partial charge in [0, 0.05) is 41.4 Å². The Balaban J connectivity index is 2.72. The van der Waals surface area contributed by atoms with Crippen molar-refractivity contribution in [1.82, 2.24) is 9.88 Å². The van der Waals surface area contributed by atoms with Crippen LogP contribution < -0.4 is 0 Å². The number of rotatable bonds is 4. The van der Waals surface area contributed by atoms with Crippen LogP contribution in [0.1, 0.15) is 12.0 Å². The summed E-state index contributed by atoms with van der Waals surface area (Å²) < 4.78 is 13.5. The van der Waals surface area contributed by atoms with E-state index >= 15 is 0 Å². The van der Waals surface area contributed by atoms with E-state index in [2.05, 4.69) is 11.6 Å². The van der Waals surface area contributed by atoms with Crippen molar-refractivity contribution < 1.29 is 9.18 Å². The summed E-state index contributed by atoms with van der Waals surface area (Å²) in [5.41, 5.74) is 0.835. The van der Waals surface area contributed by atoms with Crippen LogP contribution in [0.3, 0.4) is 0 Å². The van der Waals surface area contributed by atoms with Gasteiger partial charge in [-0.05, 0) is 22.6 Å². The number of carbonyl (C=O) groups excluding carboxylic acids is 1. The molecule has 3 nitrogen and oxygen atoms in total. The lowest BCUT2D eigenvalue weighted by Crippen LogP contribution is -2.25. The van der Waals surface area contributed by atoms with Gasteiger partial charge in [0.1, 0.15) is 0 Å². The van der Waals surface area contributed by atoms with E-state index in [1.165, 1.54) is 12.3 Å². The van der Waals surface area contributed by atoms with E-state index in [-0.39, 0.29) is 5.91 Å². The molecule has 1 heterocycles. The first kappa shape index (κ1) is 13.1. The summed E-state index contributed by atoms with van der Waals surface area (Å²) in [6.07, 6.45) is 3.32. The first-order valence-electron chi connectivity index (χ1n) is 4.69. The summed E-state index contributed by atoms with van der Waals surface area (Å²) in [4.78, 5) is 16.6. The van der Waals surface area contributed by atoms with Gasteiger partial charge in [-0.3, -0.25) is 4.79 Å². The fraction of sp³-hybridized carbons (Fsp3) is 0.273. The fourth-order valence-electron chi connectivity index (χ4n) is 1.18. The maximum absolute atomic E-state index is 12.8. The highest BCUT2D eigenvalue weighted by Gasteiger charge is 2.10. The molecule has 0 saturated heterocycles. The minimum atomic E-state index is -0.506. The smallest absolute Gasteiger partial charge is 0.226 e. The van der Waals surface area contributed by atoms with E-state index in [1.54, 1.807) is 18.0 Å². The van der Waals surface area contributed by atoms with Crippen LogP contribution in [0.25, 0.3) is 0 Å². The number of pyridine rings is 1. The third-order valence-corrected chi connectivity index (χ3v) is 3.05. The molecule has 0 saturated carbocycles. The minimum Gasteiger partial charge on any atom is -0.341 e. The zero-order valence-corrected chi connectivity index (χ0v) is 11.1. The lowest BCUT2D eigenvalue weighted by Gasteiger charge is -2.16. The monoisotopic (exact) mass is 334 g/mol. The summed E-state index contributed by atoms with van der Waals surface area (Å²) >= 11 is 2.03. The molecule has 0 bridgehead atoms. The van der Waals surface area contributed by atoms with Crippen molar-refractivity contribution in [2.24, 2.45) is 0 Å². The van der Waals surface area contributed by atoms with Crippen molar-refractivity contribution in [2.45, 2.75) is 13.0 Å². The Kier molecular flexibility index (Phi) is 4.85. The molecule has 0 N–H and O–H groups in total. The van der Waals surface area contributed by atoms with E-state index in [1.807, 2.05) is 22.6 Å². The zero-order valence-electron chi connectivity index (χ0n) is 8.91. The minimum absolute atomic E-state index is 0.0184. The highest BCUT2D eigenvalue weighted by Crippen LogP contribution is 2.14. The second kappa shape index (κ2) is 5.93. The lowest BCUT2D eigenvalue weighted by atomic mass is 10.2. The molecule has 1 rings (SSSR count). The highest BCUT2D eigenvalue weighted by molar-refractivity contribution is 14.1. The molecular weight excluding hydrogens is 322 g/mol. The number of amides is 1. The van der Waals surface area contributed by atoms with Crippen molar-refractivity contribution >= 4 is 28.5 Å². The topological polar surface area (TPSA) is 33.2 Å². The van der Waals surface area contributed by atoms with Gasteiger partial charge < -0.3 is 4.90 Å². The molecule has 0 unspecified atom stereocenters. The summed E-state index contributed by atoms with van der Waals surface area (Å²) in [6, 6.07) is 1.35. The Hall–Kier alpha value is -0.980. The number of halogens is 2. The van der Waals surface area contributed by atoms with Gasteiger partial charge in [0.05, 0.1) is 0 Å². The predicted molar refractivity (Wildman–Crippen MR) is 68.2 cm³/mol. The average molecular weight is 334 g/mol. The molecule has 86 valence electrons. The van der Waals surface area contributed by atoms with Crippen molar-refractivity contribution in [2.75, 3.05) is 7.05 Å². The molecule has 0 aliphatic rings. The van der Waals surface area contributed by atoms with Gasteiger partial charge in [-0.15, -0.1) is 6.58 Å². The van der Waals surface area contributed by atoms with Crippen LogP contribution in [0.4, 0.5) is 4.39 Å². The first-order valence-corrected chi connectivity index (χ1v) is 5.77. The molecule has 0 aliphatic carbocycles. The Bertz CT molecular complexity index is 409. The van der Waals surface area contributed by atoms with Crippen LogP contribution in [-0.2, 0) is 11.3 Å². The molecule has 1 aromatic rings. The lowest BCUT2D eigenvalue weighted by molar-refractivity contribution is -0.129. The normalized spacial score (nSPS) is 9.94. The fourth-order valence-corrected chi connectivity index (χ4v) is 1.74. The van der Waals surface area contributed by atoms with E-state index < -0.39 is 5.95 Å². The molecular formula is C11H12FIN2O. The summed E-state index contributed by atoms with van der Waals surface area (Å²) in [6.45, 7) is 3.94. The molecule has 0 fully saturated rings. The SMILES string of the molecule is C=CCC(=O)N(C)Cc1cnc(F)cc1I. The number of hydrogen-bond donors (Lipinski definition) is 0. The van der Waals surface area contributed by atoms with Gasteiger partial charge in [-0.25, -0.2) is 4.98 Å². The standard InChI is InChI=1S/C11H12FIN2O/c1-3-4-11(16)15(2)7-8-6-14-10(12)5-9(8)13/h3,5-6H,1,4,7H2,2H3. The maximum Gasteiger partial charge on any atom is 0.226 e. The number of carbonyl (C=O) groups is 1. The van der Waals surface area contributed by atoms with Crippen molar-refractivity contribution in [3.63, 3.8) is 0 Å². The summed E-state index contributed by atoms with van der Waals surface area (Å²) in [5, 5.41) is 0. The van der Waals surface area contributed by atoms with E-state index in [0.29, 0.717) is 13.0 Å². The van der Waals surface area contributed by atoms with Gasteiger partial charge in [0.2, 0.25) is 11.9 Å². The van der Waals surface area contributed by atoms with Crippen LogP contribution in [0, 0.1) is 9.52 Å². The molecule has 0 aromatic carbocycles. The number of aromatic nitrogens is 1. The number of nitrogens with zero attached hydrogens (tertiary/aromatic N) is 2. The third kappa shape index (κ3) is 3.55. The van der Waals surface area contributed by atoms with Gasteiger partial charge >= 0.3 is 0 Å². The van der Waals surface area contributed by atoms with Gasteiger partial charge in [-0.2, -0.15) is 4.39 Å². The quantitative estimate of drug-likeness (QED) is 0.481. The molecule has 0 radical (unpaired) electrons. The predicted octanol–water partition coefficient (Wildman–Crippen LogP) is 2.36. The second-order valence-electron chi connectivity index (χ2n) is 3.34. The number of hydrogen-bond acceptors (Lipinski definition) is 2. The first-order chi connectivity index (χ1) is 7.54. The molecule has 0 atom stereocenters. The average Bonchev–Trinajstić information content (AvgIpc) is 2.22. The Morgan fingerprint density at radius 1 is 1.75 bits per heavy atom. The highest BCUT2D eigenvalue weighted by atomic mass is 127. The Morgan fingerprint density at radius 3 is 3.00 bits per heavy atom. The summed E-state index contributed by atoms with van der Waals surface area (Å²) in [5.74, 6) is -0.525. The second-order valence-corrected chi connectivity index (χ2v) is 4.50. The van der Waals surface area contributed by atoms with Crippen LogP contribution in [0.5, 0.6) is 0 Å². The van der Waals surface area contributed by atoms with Gasteiger partial charge in [-0.1, -0.05) is 6.08 Å². The van der Waals surface area contributed by atoms with Crippen molar-refractivity contribution in [3.05, 3.63) is 40.0 Å². The zero-order chi connectivity index (χ0) is 12.1. The van der Waals surface area contributed by atoms with Crippen molar-refractivity contribution in [3.8, 4) is 0 Å². The van der Waals surface area contributed by atoms with Crippen LogP contribution in [0.2, 0.25) is 0 Å². The largest absolute Gasteiger partial charge is 0.341 e.